The molecule has 0 atom stereocenters. The van der Waals surface area contributed by atoms with Gasteiger partial charge in [-0.2, -0.15) is 5.10 Å². The molecule has 1 fully saturated rings. The van der Waals surface area contributed by atoms with Crippen molar-refractivity contribution < 1.29 is 4.74 Å². The van der Waals surface area contributed by atoms with Crippen molar-refractivity contribution in [2.24, 2.45) is 0 Å². The zero-order chi connectivity index (χ0) is 13.4. The summed E-state index contributed by atoms with van der Waals surface area (Å²) in [5, 5.41) is 4.56. The van der Waals surface area contributed by atoms with Gasteiger partial charge in [0.25, 0.3) is 0 Å². The first-order valence-electron chi connectivity index (χ1n) is 6.84. The van der Waals surface area contributed by atoms with E-state index in [-0.39, 0.29) is 0 Å². The molecule has 1 aliphatic heterocycles. The third kappa shape index (κ3) is 2.05. The summed E-state index contributed by atoms with van der Waals surface area (Å²) in [7, 11) is 0. The molecule has 5 nitrogen and oxygen atoms in total. The first kappa shape index (κ1) is 12.9. The number of aromatic nitrogens is 4. The lowest BCUT2D eigenvalue weighted by Gasteiger charge is -2.25. The van der Waals surface area contributed by atoms with Crippen LogP contribution in [0.1, 0.15) is 37.3 Å². The van der Waals surface area contributed by atoms with E-state index >= 15 is 0 Å². The number of aryl methyl sites for hydroxylation is 2. The van der Waals surface area contributed by atoms with Gasteiger partial charge in [0.1, 0.15) is 11.3 Å². The Morgan fingerprint density at radius 2 is 2.11 bits per heavy atom. The maximum Gasteiger partial charge on any atom is 0.159 e. The Morgan fingerprint density at radius 3 is 2.74 bits per heavy atom. The SMILES string of the molecule is CCn1nc(C)c2nc(CCl)n(C3CCOCC3)c21. The molecule has 2 aromatic heterocycles. The first-order valence-corrected chi connectivity index (χ1v) is 7.37. The molecule has 104 valence electrons. The van der Waals surface area contributed by atoms with Crippen LogP contribution in [0, 0.1) is 6.92 Å². The molecule has 0 radical (unpaired) electrons. The van der Waals surface area contributed by atoms with Gasteiger partial charge < -0.3 is 9.30 Å². The van der Waals surface area contributed by atoms with Crippen LogP contribution in [0.5, 0.6) is 0 Å². The van der Waals surface area contributed by atoms with E-state index in [9.17, 15) is 0 Å². The van der Waals surface area contributed by atoms with Gasteiger partial charge >= 0.3 is 0 Å². The van der Waals surface area contributed by atoms with Crippen molar-refractivity contribution in [2.75, 3.05) is 13.2 Å². The molecule has 0 unspecified atom stereocenters. The van der Waals surface area contributed by atoms with E-state index in [2.05, 4.69) is 21.6 Å². The minimum absolute atomic E-state index is 0.425. The largest absolute Gasteiger partial charge is 0.381 e. The highest BCUT2D eigenvalue weighted by molar-refractivity contribution is 6.16. The quantitative estimate of drug-likeness (QED) is 0.813. The summed E-state index contributed by atoms with van der Waals surface area (Å²) in [5.41, 5.74) is 3.08. The van der Waals surface area contributed by atoms with E-state index in [4.69, 9.17) is 16.3 Å². The number of alkyl halides is 1. The predicted octanol–water partition coefficient (Wildman–Crippen LogP) is 2.65. The molecule has 19 heavy (non-hydrogen) atoms. The second-order valence-electron chi connectivity index (χ2n) is 4.95. The second kappa shape index (κ2) is 5.13. The Morgan fingerprint density at radius 1 is 1.37 bits per heavy atom. The monoisotopic (exact) mass is 282 g/mol. The normalized spacial score (nSPS) is 17.4. The molecule has 3 rings (SSSR count). The molecule has 0 aromatic carbocycles. The highest BCUT2D eigenvalue weighted by Crippen LogP contribution is 2.30. The summed E-state index contributed by atoms with van der Waals surface area (Å²) in [6, 6.07) is 0.425. The van der Waals surface area contributed by atoms with E-state index in [1.54, 1.807) is 0 Å². The lowest BCUT2D eigenvalue weighted by atomic mass is 10.1. The summed E-state index contributed by atoms with van der Waals surface area (Å²) in [5.74, 6) is 1.39. The average molecular weight is 283 g/mol. The van der Waals surface area contributed by atoms with E-state index < -0.39 is 0 Å². The minimum atomic E-state index is 0.425. The van der Waals surface area contributed by atoms with Gasteiger partial charge in [0, 0.05) is 25.8 Å². The third-order valence-corrected chi connectivity index (χ3v) is 4.03. The van der Waals surface area contributed by atoms with Crippen LogP contribution >= 0.6 is 11.6 Å². The first-order chi connectivity index (χ1) is 9.26. The van der Waals surface area contributed by atoms with E-state index in [0.717, 1.165) is 55.3 Å². The lowest BCUT2D eigenvalue weighted by molar-refractivity contribution is 0.0697. The fraction of sp³-hybridized carbons (Fsp3) is 0.692. The summed E-state index contributed by atoms with van der Waals surface area (Å²) in [4.78, 5) is 4.68. The van der Waals surface area contributed by atoms with Crippen LogP contribution in [0.15, 0.2) is 0 Å². The molecule has 0 aliphatic carbocycles. The molecule has 2 aromatic rings. The topological polar surface area (TPSA) is 44.9 Å². The van der Waals surface area contributed by atoms with Crippen LogP contribution < -0.4 is 0 Å². The summed E-state index contributed by atoms with van der Waals surface area (Å²) < 4.78 is 9.77. The van der Waals surface area contributed by atoms with Crippen LogP contribution in [0.3, 0.4) is 0 Å². The third-order valence-electron chi connectivity index (χ3n) is 3.79. The van der Waals surface area contributed by atoms with Crippen molar-refractivity contribution in [1.29, 1.82) is 0 Å². The van der Waals surface area contributed by atoms with Crippen molar-refractivity contribution in [3.05, 3.63) is 11.5 Å². The Bertz CT molecular complexity index is 583. The van der Waals surface area contributed by atoms with Crippen molar-refractivity contribution in [3.8, 4) is 0 Å². The van der Waals surface area contributed by atoms with E-state index in [1.807, 2.05) is 11.6 Å². The highest BCUT2D eigenvalue weighted by Gasteiger charge is 2.24. The summed E-state index contributed by atoms with van der Waals surface area (Å²) in [6.07, 6.45) is 2.03. The van der Waals surface area contributed by atoms with Crippen LogP contribution in [-0.4, -0.2) is 32.5 Å². The number of nitrogens with zero attached hydrogens (tertiary/aromatic N) is 4. The highest BCUT2D eigenvalue weighted by atomic mass is 35.5. The van der Waals surface area contributed by atoms with Gasteiger partial charge in [-0.15, -0.1) is 11.6 Å². The van der Waals surface area contributed by atoms with Gasteiger partial charge in [-0.25, -0.2) is 9.67 Å². The summed E-state index contributed by atoms with van der Waals surface area (Å²) >= 11 is 6.08. The molecule has 0 bridgehead atoms. The van der Waals surface area contributed by atoms with Gasteiger partial charge in [0.05, 0.1) is 11.6 Å². The fourth-order valence-electron chi connectivity index (χ4n) is 2.88. The van der Waals surface area contributed by atoms with Crippen molar-refractivity contribution in [2.45, 2.75) is 45.2 Å². The number of hydrogen-bond donors (Lipinski definition) is 0. The predicted molar refractivity (Wildman–Crippen MR) is 74.6 cm³/mol. The van der Waals surface area contributed by atoms with Gasteiger partial charge in [-0.3, -0.25) is 0 Å². The molecule has 3 heterocycles. The smallest absolute Gasteiger partial charge is 0.159 e. The Hall–Kier alpha value is -1.07. The molecule has 0 spiro atoms. The van der Waals surface area contributed by atoms with Crippen LogP contribution in [0.25, 0.3) is 11.2 Å². The fourth-order valence-corrected chi connectivity index (χ4v) is 3.06. The second-order valence-corrected chi connectivity index (χ2v) is 5.22. The molecule has 6 heteroatoms. The number of ether oxygens (including phenoxy) is 1. The molecule has 0 saturated carbocycles. The Balaban J connectivity index is 2.18. The van der Waals surface area contributed by atoms with E-state index in [0.29, 0.717) is 11.9 Å². The van der Waals surface area contributed by atoms with Gasteiger partial charge in [0.15, 0.2) is 5.65 Å². The van der Waals surface area contributed by atoms with E-state index in [1.165, 1.54) is 0 Å². The van der Waals surface area contributed by atoms with Crippen molar-refractivity contribution >= 4 is 22.8 Å². The number of halogens is 1. The molecule has 1 aliphatic rings. The van der Waals surface area contributed by atoms with Gasteiger partial charge in [-0.05, 0) is 26.7 Å². The average Bonchev–Trinajstić information content (AvgIpc) is 2.97. The minimum Gasteiger partial charge on any atom is -0.381 e. The number of imidazole rings is 1. The Kier molecular flexibility index (Phi) is 3.50. The number of rotatable bonds is 3. The molecule has 0 amide bonds. The van der Waals surface area contributed by atoms with Crippen LogP contribution in [-0.2, 0) is 17.2 Å². The number of fused-ring (bicyclic) bond motifs is 1. The zero-order valence-electron chi connectivity index (χ0n) is 11.4. The maximum absolute atomic E-state index is 6.08. The molecule has 1 saturated heterocycles. The van der Waals surface area contributed by atoms with Crippen molar-refractivity contribution in [3.63, 3.8) is 0 Å². The standard InChI is InChI=1S/C13H19ClN4O/c1-3-17-13-12(9(2)16-17)15-11(8-14)18(13)10-4-6-19-7-5-10/h10H,3-8H2,1-2H3. The van der Waals surface area contributed by atoms with Gasteiger partial charge in [0.2, 0.25) is 0 Å². The van der Waals surface area contributed by atoms with Crippen LogP contribution in [0.4, 0.5) is 0 Å². The van der Waals surface area contributed by atoms with Crippen molar-refractivity contribution in [1.82, 2.24) is 19.3 Å². The molecule has 0 N–H and O–H groups in total. The number of hydrogen-bond acceptors (Lipinski definition) is 3. The lowest BCUT2D eigenvalue weighted by Crippen LogP contribution is -2.22. The molecular weight excluding hydrogens is 264 g/mol. The Labute approximate surface area is 117 Å². The summed E-state index contributed by atoms with van der Waals surface area (Å²) in [6.45, 7) is 6.58. The zero-order valence-corrected chi connectivity index (χ0v) is 12.2. The van der Waals surface area contributed by atoms with Crippen LogP contribution in [0.2, 0.25) is 0 Å². The molecular formula is C13H19ClN4O. The van der Waals surface area contributed by atoms with Gasteiger partial charge in [-0.1, -0.05) is 0 Å². The maximum atomic E-state index is 6.08.